The maximum Gasteiger partial charge on any atom is 0.0577 e. The molecule has 0 aliphatic heterocycles. The number of fused-ring (bicyclic) bond motifs is 5. The molecule has 0 radical (unpaired) electrons. The van der Waals surface area contributed by atoms with Crippen molar-refractivity contribution in [3.63, 3.8) is 0 Å². The van der Waals surface area contributed by atoms with Gasteiger partial charge in [-0.2, -0.15) is 0 Å². The maximum atomic E-state index is 10.3. The first kappa shape index (κ1) is 23.6. The van der Waals surface area contributed by atoms with Gasteiger partial charge in [-0.15, -0.1) is 0 Å². The Hall–Kier alpha value is -0.560. The van der Waals surface area contributed by atoms with Crippen LogP contribution in [-0.2, 0) is 0 Å². The second-order valence-electron chi connectivity index (χ2n) is 13.1. The van der Waals surface area contributed by atoms with Crippen LogP contribution >= 0.6 is 0 Å². The third kappa shape index (κ3) is 3.60. The summed E-state index contributed by atoms with van der Waals surface area (Å²) in [5.74, 6) is 4.69. The molecule has 0 aromatic carbocycles. The van der Waals surface area contributed by atoms with E-state index in [0.29, 0.717) is 22.2 Å². The smallest absolute Gasteiger partial charge is 0.0577 e. The molecule has 1 nitrogen and oxygen atoms in total. The normalized spacial score (nSPS) is 46.9. The molecular weight excluding hydrogens is 376 g/mol. The second-order valence-corrected chi connectivity index (χ2v) is 13.1. The van der Waals surface area contributed by atoms with Crippen molar-refractivity contribution in [2.24, 2.45) is 51.8 Å². The van der Waals surface area contributed by atoms with Gasteiger partial charge >= 0.3 is 0 Å². The molecule has 0 aromatic heterocycles. The quantitative estimate of drug-likeness (QED) is 0.439. The van der Waals surface area contributed by atoms with Crippen molar-refractivity contribution < 1.29 is 5.11 Å². The largest absolute Gasteiger partial charge is 0.393 e. The van der Waals surface area contributed by atoms with Crippen LogP contribution in [0.15, 0.2) is 23.8 Å². The zero-order valence-electron chi connectivity index (χ0n) is 21.6. The van der Waals surface area contributed by atoms with Crippen LogP contribution in [-0.4, -0.2) is 11.2 Å². The number of allylic oxidation sites excluding steroid dienone is 3. The summed E-state index contributed by atoms with van der Waals surface area (Å²) in [4.78, 5) is 0. The van der Waals surface area contributed by atoms with E-state index >= 15 is 0 Å². The van der Waals surface area contributed by atoms with Gasteiger partial charge in [-0.25, -0.2) is 0 Å². The van der Waals surface area contributed by atoms with E-state index in [4.69, 9.17) is 0 Å². The van der Waals surface area contributed by atoms with Crippen LogP contribution in [0, 0.1) is 51.8 Å². The first-order valence-electron chi connectivity index (χ1n) is 13.6. The summed E-state index contributed by atoms with van der Waals surface area (Å²) >= 11 is 0. The molecule has 9 unspecified atom stereocenters. The van der Waals surface area contributed by atoms with Gasteiger partial charge in [0, 0.05) is 0 Å². The van der Waals surface area contributed by atoms with Crippen molar-refractivity contribution in [3.8, 4) is 0 Å². The number of rotatable bonds is 5. The molecule has 9 atom stereocenters. The maximum absolute atomic E-state index is 10.3. The van der Waals surface area contributed by atoms with Crippen LogP contribution in [0.3, 0.4) is 0 Å². The van der Waals surface area contributed by atoms with Gasteiger partial charge in [-0.1, -0.05) is 72.3 Å². The van der Waals surface area contributed by atoms with E-state index in [1.165, 1.54) is 44.9 Å². The number of hydrogen-bond donors (Lipinski definition) is 1. The van der Waals surface area contributed by atoms with Crippen molar-refractivity contribution in [1.82, 2.24) is 0 Å². The van der Waals surface area contributed by atoms with E-state index < -0.39 is 0 Å². The van der Waals surface area contributed by atoms with Crippen molar-refractivity contribution in [2.75, 3.05) is 0 Å². The molecule has 176 valence electrons. The molecule has 31 heavy (non-hydrogen) atoms. The Morgan fingerprint density at radius 2 is 1.71 bits per heavy atom. The van der Waals surface area contributed by atoms with E-state index in [-0.39, 0.29) is 6.10 Å². The molecule has 1 heteroatoms. The van der Waals surface area contributed by atoms with Gasteiger partial charge in [0.25, 0.3) is 0 Å². The standard InChI is InChI=1S/C30H50O/c1-8-22(20(2)3)10-9-21(4)29(6)17-15-27-25-12-11-23-19-24(31)13-16-28(23,5)26(25)14-18-30(27,29)7/h9-11,20-22,24-27,31H,8,12-19H2,1-7H3. The minimum Gasteiger partial charge on any atom is -0.393 e. The summed E-state index contributed by atoms with van der Waals surface area (Å²) in [6, 6.07) is 0. The number of aliphatic hydroxyl groups is 1. The summed E-state index contributed by atoms with van der Waals surface area (Å²) < 4.78 is 0. The average molecular weight is 427 g/mol. The molecule has 4 rings (SSSR count). The highest BCUT2D eigenvalue weighted by Crippen LogP contribution is 2.71. The Bertz CT molecular complexity index is 718. The molecule has 4 aliphatic carbocycles. The van der Waals surface area contributed by atoms with Gasteiger partial charge in [0.1, 0.15) is 0 Å². The van der Waals surface area contributed by atoms with E-state index in [1.54, 1.807) is 5.57 Å². The third-order valence-electron chi connectivity index (χ3n) is 11.7. The van der Waals surface area contributed by atoms with Crippen molar-refractivity contribution in [1.29, 1.82) is 0 Å². The molecule has 3 fully saturated rings. The highest BCUT2D eigenvalue weighted by atomic mass is 16.3. The lowest BCUT2D eigenvalue weighted by atomic mass is 9.45. The third-order valence-corrected chi connectivity index (χ3v) is 11.7. The number of aliphatic hydroxyl groups excluding tert-OH is 1. The fraction of sp³-hybridized carbons (Fsp3) is 0.867. The van der Waals surface area contributed by atoms with Gasteiger partial charge in [-0.3, -0.25) is 0 Å². The molecule has 0 heterocycles. The summed E-state index contributed by atoms with van der Waals surface area (Å²) in [5.41, 5.74) is 2.85. The highest BCUT2D eigenvalue weighted by Gasteiger charge is 2.63. The van der Waals surface area contributed by atoms with Crippen LogP contribution in [0.2, 0.25) is 0 Å². The molecular formula is C30H50O. The topological polar surface area (TPSA) is 20.2 Å². The number of hydrogen-bond acceptors (Lipinski definition) is 1. The van der Waals surface area contributed by atoms with E-state index in [2.05, 4.69) is 66.7 Å². The lowest BCUT2D eigenvalue weighted by Crippen LogP contribution is -2.53. The summed E-state index contributed by atoms with van der Waals surface area (Å²) in [5, 5.41) is 10.3. The molecule has 4 aliphatic rings. The van der Waals surface area contributed by atoms with E-state index in [9.17, 15) is 5.11 Å². The summed E-state index contributed by atoms with van der Waals surface area (Å²) in [6.07, 6.45) is 19.0. The van der Waals surface area contributed by atoms with Crippen molar-refractivity contribution in [3.05, 3.63) is 23.8 Å². The zero-order valence-corrected chi connectivity index (χ0v) is 21.6. The molecule has 1 N–H and O–H groups in total. The fourth-order valence-corrected chi connectivity index (χ4v) is 9.04. The Morgan fingerprint density at radius 3 is 2.39 bits per heavy atom. The molecule has 0 saturated heterocycles. The predicted octanol–water partition coefficient (Wildman–Crippen LogP) is 8.19. The van der Waals surface area contributed by atoms with Crippen molar-refractivity contribution >= 4 is 0 Å². The lowest BCUT2D eigenvalue weighted by molar-refractivity contribution is -0.0822. The monoisotopic (exact) mass is 426 g/mol. The second kappa shape index (κ2) is 8.34. The van der Waals surface area contributed by atoms with Gasteiger partial charge in [-0.05, 0) is 110 Å². The molecule has 0 amide bonds. The van der Waals surface area contributed by atoms with Gasteiger partial charge in [0.15, 0.2) is 0 Å². The highest BCUT2D eigenvalue weighted by molar-refractivity contribution is 5.26. The van der Waals surface area contributed by atoms with E-state index in [1.807, 2.05) is 0 Å². The Kier molecular flexibility index (Phi) is 6.35. The molecule has 3 saturated carbocycles. The minimum atomic E-state index is -0.0927. The first-order valence-corrected chi connectivity index (χ1v) is 13.6. The fourth-order valence-electron chi connectivity index (χ4n) is 9.04. The Labute approximate surface area is 193 Å². The summed E-state index contributed by atoms with van der Waals surface area (Å²) in [7, 11) is 0. The molecule has 0 aromatic rings. The lowest BCUT2D eigenvalue weighted by Gasteiger charge is -2.60. The Balaban J connectivity index is 1.57. The van der Waals surface area contributed by atoms with Crippen molar-refractivity contribution in [2.45, 2.75) is 112 Å². The average Bonchev–Trinajstić information content (AvgIpc) is 3.00. The van der Waals surface area contributed by atoms with Crippen LogP contribution in [0.25, 0.3) is 0 Å². The Morgan fingerprint density at radius 1 is 1.00 bits per heavy atom. The zero-order chi connectivity index (χ0) is 22.6. The van der Waals surface area contributed by atoms with Crippen LogP contribution in [0.5, 0.6) is 0 Å². The SMILES string of the molecule is CCC(C=CC(C)C1(C)CCC2C3CC=C4CC(O)CCC4(C)C3CCC21C)C(C)C. The van der Waals surface area contributed by atoms with Crippen LogP contribution in [0.4, 0.5) is 0 Å². The van der Waals surface area contributed by atoms with Gasteiger partial charge in [0.05, 0.1) is 6.10 Å². The summed E-state index contributed by atoms with van der Waals surface area (Å²) in [6.45, 7) is 17.5. The van der Waals surface area contributed by atoms with E-state index in [0.717, 1.165) is 42.4 Å². The van der Waals surface area contributed by atoms with Crippen LogP contribution < -0.4 is 0 Å². The first-order chi connectivity index (χ1) is 14.6. The van der Waals surface area contributed by atoms with Gasteiger partial charge in [0.2, 0.25) is 0 Å². The van der Waals surface area contributed by atoms with Gasteiger partial charge < -0.3 is 5.11 Å². The minimum absolute atomic E-state index is 0.0927. The molecule has 0 bridgehead atoms. The van der Waals surface area contributed by atoms with Crippen LogP contribution in [0.1, 0.15) is 106 Å². The molecule has 0 spiro atoms. The predicted molar refractivity (Wildman–Crippen MR) is 133 cm³/mol.